The van der Waals surface area contributed by atoms with Gasteiger partial charge in [-0.3, -0.25) is 9.59 Å². The lowest BCUT2D eigenvalue weighted by atomic mass is 10.2. The Morgan fingerprint density at radius 1 is 1.22 bits per heavy atom. The summed E-state index contributed by atoms with van der Waals surface area (Å²) >= 11 is 0. The van der Waals surface area contributed by atoms with E-state index in [9.17, 15) is 14.8 Å². The highest BCUT2D eigenvalue weighted by molar-refractivity contribution is 5.94. The fraction of sp³-hybridized carbons (Fsp3) is 0.417. The molecule has 0 aromatic carbocycles. The minimum atomic E-state index is -0.293. The Hall–Kier alpha value is -2.11. The van der Waals surface area contributed by atoms with Gasteiger partial charge in [0.05, 0.1) is 5.56 Å². The maximum atomic E-state index is 11.6. The third kappa shape index (κ3) is 4.82. The fourth-order valence-electron chi connectivity index (χ4n) is 1.31. The maximum Gasteiger partial charge on any atom is 0.251 e. The van der Waals surface area contributed by atoms with Crippen LogP contribution in [0.2, 0.25) is 0 Å². The number of aromatic nitrogens is 1. The van der Waals surface area contributed by atoms with E-state index in [0.717, 1.165) is 6.42 Å². The highest BCUT2D eigenvalue weighted by Gasteiger charge is 2.07. The monoisotopic (exact) mass is 251 g/mol. The SMILES string of the molecule is CCCNC(=O)CCNC(=O)c1cc[n+]([O-])cc1. The van der Waals surface area contributed by atoms with Gasteiger partial charge in [-0.1, -0.05) is 6.92 Å². The molecule has 2 amide bonds. The van der Waals surface area contributed by atoms with E-state index in [-0.39, 0.29) is 24.8 Å². The normalized spacial score (nSPS) is 9.83. The summed E-state index contributed by atoms with van der Waals surface area (Å²) in [5.41, 5.74) is 0.399. The zero-order valence-electron chi connectivity index (χ0n) is 10.3. The van der Waals surface area contributed by atoms with Crippen LogP contribution in [0.15, 0.2) is 24.5 Å². The van der Waals surface area contributed by atoms with Crippen LogP contribution >= 0.6 is 0 Å². The summed E-state index contributed by atoms with van der Waals surface area (Å²) in [6.07, 6.45) is 3.64. The maximum absolute atomic E-state index is 11.6. The number of nitrogens with zero attached hydrogens (tertiary/aromatic N) is 1. The van der Waals surface area contributed by atoms with E-state index >= 15 is 0 Å². The van der Waals surface area contributed by atoms with Crippen LogP contribution < -0.4 is 15.4 Å². The van der Waals surface area contributed by atoms with E-state index < -0.39 is 0 Å². The number of carbonyl (C=O) groups excluding carboxylic acids is 2. The van der Waals surface area contributed by atoms with Crippen molar-refractivity contribution >= 4 is 11.8 Å². The molecule has 0 aliphatic carbocycles. The third-order valence-corrected chi connectivity index (χ3v) is 2.27. The quantitative estimate of drug-likeness (QED) is 0.550. The minimum Gasteiger partial charge on any atom is -0.619 e. The standard InChI is InChI=1S/C12H17N3O3/c1-2-6-13-11(16)3-7-14-12(17)10-4-8-15(18)9-5-10/h4-5,8-9H,2-3,6-7H2,1H3,(H,13,16)(H,14,17). The number of hydrogen-bond acceptors (Lipinski definition) is 3. The first-order valence-electron chi connectivity index (χ1n) is 5.87. The average Bonchev–Trinajstić information content (AvgIpc) is 2.37. The number of hydrogen-bond donors (Lipinski definition) is 2. The van der Waals surface area contributed by atoms with Crippen LogP contribution in [0.25, 0.3) is 0 Å². The molecule has 0 radical (unpaired) electrons. The van der Waals surface area contributed by atoms with Crippen LogP contribution in [0.5, 0.6) is 0 Å². The molecule has 1 rings (SSSR count). The molecule has 0 atom stereocenters. The second-order valence-corrected chi connectivity index (χ2v) is 3.80. The lowest BCUT2D eigenvalue weighted by Gasteiger charge is -2.05. The van der Waals surface area contributed by atoms with Gasteiger partial charge in [0.2, 0.25) is 5.91 Å². The van der Waals surface area contributed by atoms with Crippen LogP contribution in [-0.2, 0) is 4.79 Å². The smallest absolute Gasteiger partial charge is 0.251 e. The van der Waals surface area contributed by atoms with Crippen molar-refractivity contribution in [2.24, 2.45) is 0 Å². The minimum absolute atomic E-state index is 0.0809. The molecule has 18 heavy (non-hydrogen) atoms. The Kier molecular flexibility index (Phi) is 5.63. The van der Waals surface area contributed by atoms with Gasteiger partial charge in [0.1, 0.15) is 0 Å². The summed E-state index contributed by atoms with van der Waals surface area (Å²) in [5, 5.41) is 16.1. The van der Waals surface area contributed by atoms with Crippen molar-refractivity contribution in [2.75, 3.05) is 13.1 Å². The Bertz CT molecular complexity index is 404. The first-order valence-corrected chi connectivity index (χ1v) is 5.87. The third-order valence-electron chi connectivity index (χ3n) is 2.27. The van der Waals surface area contributed by atoms with Crippen molar-refractivity contribution in [3.05, 3.63) is 35.3 Å². The first-order chi connectivity index (χ1) is 8.63. The lowest BCUT2D eigenvalue weighted by Crippen LogP contribution is -2.31. The van der Waals surface area contributed by atoms with Crippen molar-refractivity contribution in [1.82, 2.24) is 10.6 Å². The summed E-state index contributed by atoms with van der Waals surface area (Å²) in [7, 11) is 0. The topological polar surface area (TPSA) is 85.1 Å². The zero-order chi connectivity index (χ0) is 13.4. The van der Waals surface area contributed by atoms with E-state index in [4.69, 9.17) is 0 Å². The molecule has 1 aromatic heterocycles. The Morgan fingerprint density at radius 2 is 1.89 bits per heavy atom. The molecule has 0 bridgehead atoms. The van der Waals surface area contributed by atoms with E-state index in [2.05, 4.69) is 10.6 Å². The highest BCUT2D eigenvalue weighted by Crippen LogP contribution is 1.94. The number of rotatable bonds is 6. The van der Waals surface area contributed by atoms with Gasteiger partial charge in [-0.25, -0.2) is 0 Å². The summed E-state index contributed by atoms with van der Waals surface area (Å²) in [6.45, 7) is 2.90. The molecule has 1 aromatic rings. The summed E-state index contributed by atoms with van der Waals surface area (Å²) in [6, 6.07) is 2.86. The summed E-state index contributed by atoms with van der Waals surface area (Å²) in [4.78, 5) is 22.9. The molecule has 0 spiro atoms. The molecule has 0 aliphatic rings. The number of nitrogens with one attached hydrogen (secondary N) is 2. The Labute approximate surface area is 106 Å². The first kappa shape index (κ1) is 14.0. The summed E-state index contributed by atoms with van der Waals surface area (Å²) in [5.74, 6) is -0.374. The molecule has 0 saturated carbocycles. The molecule has 0 saturated heterocycles. The summed E-state index contributed by atoms with van der Waals surface area (Å²) < 4.78 is 0.606. The molecule has 0 aliphatic heterocycles. The molecule has 2 N–H and O–H groups in total. The van der Waals surface area contributed by atoms with Crippen LogP contribution in [0.4, 0.5) is 0 Å². The van der Waals surface area contributed by atoms with Gasteiger partial charge in [-0.05, 0) is 6.42 Å². The number of amides is 2. The predicted octanol–water partition coefficient (Wildman–Crippen LogP) is -0.0339. The fourth-order valence-corrected chi connectivity index (χ4v) is 1.31. The van der Waals surface area contributed by atoms with Crippen LogP contribution in [-0.4, -0.2) is 24.9 Å². The molecule has 6 nitrogen and oxygen atoms in total. The van der Waals surface area contributed by atoms with Crippen LogP contribution in [0.3, 0.4) is 0 Å². The van der Waals surface area contributed by atoms with Gasteiger partial charge in [0.25, 0.3) is 5.91 Å². The van der Waals surface area contributed by atoms with Gasteiger partial charge in [0.15, 0.2) is 12.4 Å². The van der Waals surface area contributed by atoms with Crippen molar-refractivity contribution in [2.45, 2.75) is 19.8 Å². The predicted molar refractivity (Wildman–Crippen MR) is 65.7 cm³/mol. The molecule has 1 heterocycles. The highest BCUT2D eigenvalue weighted by atomic mass is 16.5. The van der Waals surface area contributed by atoms with E-state index in [0.29, 0.717) is 16.8 Å². The molecular formula is C12H17N3O3. The van der Waals surface area contributed by atoms with Crippen molar-refractivity contribution in [3.63, 3.8) is 0 Å². The molecule has 98 valence electrons. The molecular weight excluding hydrogens is 234 g/mol. The lowest BCUT2D eigenvalue weighted by molar-refractivity contribution is -0.605. The zero-order valence-corrected chi connectivity index (χ0v) is 10.3. The van der Waals surface area contributed by atoms with Gasteiger partial charge >= 0.3 is 0 Å². The van der Waals surface area contributed by atoms with Crippen molar-refractivity contribution < 1.29 is 14.3 Å². The number of carbonyl (C=O) groups is 2. The second-order valence-electron chi connectivity index (χ2n) is 3.80. The molecule has 6 heteroatoms. The van der Waals surface area contributed by atoms with Crippen molar-refractivity contribution in [3.8, 4) is 0 Å². The number of pyridine rings is 1. The van der Waals surface area contributed by atoms with E-state index in [1.54, 1.807) is 0 Å². The largest absolute Gasteiger partial charge is 0.619 e. The second kappa shape index (κ2) is 7.26. The van der Waals surface area contributed by atoms with E-state index in [1.807, 2.05) is 6.92 Å². The molecule has 0 fully saturated rings. The molecule has 0 unspecified atom stereocenters. The Morgan fingerprint density at radius 3 is 2.50 bits per heavy atom. The van der Waals surface area contributed by atoms with Crippen LogP contribution in [0, 0.1) is 5.21 Å². The Balaban J connectivity index is 2.29. The van der Waals surface area contributed by atoms with Crippen molar-refractivity contribution in [1.29, 1.82) is 0 Å². The van der Waals surface area contributed by atoms with Crippen LogP contribution in [0.1, 0.15) is 30.1 Å². The average molecular weight is 251 g/mol. The van der Waals surface area contributed by atoms with Gasteiger partial charge in [-0.15, -0.1) is 0 Å². The van der Waals surface area contributed by atoms with Gasteiger partial charge in [0, 0.05) is 31.6 Å². The van der Waals surface area contributed by atoms with Gasteiger partial charge in [-0.2, -0.15) is 4.73 Å². The van der Waals surface area contributed by atoms with E-state index in [1.165, 1.54) is 24.5 Å². The van der Waals surface area contributed by atoms with Gasteiger partial charge < -0.3 is 15.8 Å².